The van der Waals surface area contributed by atoms with E-state index in [1.165, 1.54) is 28.6 Å². The predicted octanol–water partition coefficient (Wildman–Crippen LogP) is 2.48. The molecular weight excluding hydrogens is 328 g/mol. The Morgan fingerprint density at radius 3 is 2.75 bits per heavy atom. The summed E-state index contributed by atoms with van der Waals surface area (Å²) in [7, 11) is 3.81. The summed E-state index contributed by atoms with van der Waals surface area (Å²) in [5.41, 5.74) is 0.0798. The molecule has 0 radical (unpaired) electrons. The first-order valence-electron chi connectivity index (χ1n) is 7.51. The van der Waals surface area contributed by atoms with Crippen LogP contribution < -0.4 is 0 Å². The fourth-order valence-corrected chi connectivity index (χ4v) is 3.55. The molecule has 126 valence electrons. The molecule has 1 N–H and O–H groups in total. The summed E-state index contributed by atoms with van der Waals surface area (Å²) in [6, 6.07) is 6.26. The molecule has 0 unspecified atom stereocenters. The van der Waals surface area contributed by atoms with Crippen molar-refractivity contribution in [2.45, 2.75) is 6.04 Å². The quantitative estimate of drug-likeness (QED) is 0.814. The van der Waals surface area contributed by atoms with Gasteiger partial charge < -0.3 is 19.3 Å². The van der Waals surface area contributed by atoms with Crippen LogP contribution in [0.3, 0.4) is 0 Å². The van der Waals surface area contributed by atoms with Crippen molar-refractivity contribution >= 4 is 23.0 Å². The van der Waals surface area contributed by atoms with Gasteiger partial charge in [-0.1, -0.05) is 6.07 Å². The molecule has 2 aromatic heterocycles. The summed E-state index contributed by atoms with van der Waals surface area (Å²) in [5.74, 6) is -1.37. The molecule has 3 rings (SSSR count). The van der Waals surface area contributed by atoms with Crippen molar-refractivity contribution in [3.05, 3.63) is 57.9 Å². The van der Waals surface area contributed by atoms with Crippen molar-refractivity contribution in [3.8, 4) is 0 Å². The molecule has 3 heterocycles. The summed E-state index contributed by atoms with van der Waals surface area (Å²) in [6.45, 7) is 1.04. The summed E-state index contributed by atoms with van der Waals surface area (Å²) in [6.07, 6.45) is 1.39. The number of aliphatic hydroxyl groups excluding tert-OH is 1. The maximum atomic E-state index is 12.8. The molecule has 0 spiro atoms. The van der Waals surface area contributed by atoms with Crippen LogP contribution in [0, 0.1) is 0 Å². The minimum absolute atomic E-state index is 0.0798. The van der Waals surface area contributed by atoms with E-state index >= 15 is 0 Å². The number of Topliss-reactive ketones (excluding diaryl/α,β-unsaturated/α-hetero) is 1. The van der Waals surface area contributed by atoms with Gasteiger partial charge in [0.2, 0.25) is 5.78 Å². The van der Waals surface area contributed by atoms with Crippen LogP contribution in [0.25, 0.3) is 0 Å². The highest BCUT2D eigenvalue weighted by Crippen LogP contribution is 2.40. The molecule has 0 aromatic carbocycles. The number of ketones is 1. The number of carbonyl (C=O) groups is 2. The number of carbonyl (C=O) groups excluding carboxylic acids is 2. The van der Waals surface area contributed by atoms with E-state index in [-0.39, 0.29) is 11.3 Å². The molecule has 1 amide bonds. The Kier molecular flexibility index (Phi) is 4.55. The first-order chi connectivity index (χ1) is 11.5. The number of aliphatic hydroxyl groups is 1. The van der Waals surface area contributed by atoms with Crippen molar-refractivity contribution in [2.75, 3.05) is 27.2 Å². The second kappa shape index (κ2) is 6.62. The van der Waals surface area contributed by atoms with Crippen molar-refractivity contribution in [1.82, 2.24) is 9.80 Å². The van der Waals surface area contributed by atoms with Crippen LogP contribution in [0.1, 0.15) is 21.5 Å². The summed E-state index contributed by atoms with van der Waals surface area (Å²) in [4.78, 5) is 29.6. The van der Waals surface area contributed by atoms with E-state index in [0.717, 1.165) is 4.88 Å². The number of nitrogens with zero attached hydrogens (tertiary/aromatic N) is 2. The third-order valence-corrected chi connectivity index (χ3v) is 4.82. The van der Waals surface area contributed by atoms with E-state index in [0.29, 0.717) is 13.1 Å². The van der Waals surface area contributed by atoms with Gasteiger partial charge in [-0.05, 0) is 37.7 Å². The normalized spacial score (nSPS) is 18.0. The number of likely N-dealkylation sites (N-methyl/N-ethyl adjacent to an activating group) is 1. The van der Waals surface area contributed by atoms with E-state index in [2.05, 4.69) is 0 Å². The van der Waals surface area contributed by atoms with Crippen LogP contribution in [0.4, 0.5) is 0 Å². The van der Waals surface area contributed by atoms with Gasteiger partial charge in [0.1, 0.15) is 0 Å². The van der Waals surface area contributed by atoms with E-state index < -0.39 is 23.5 Å². The summed E-state index contributed by atoms with van der Waals surface area (Å²) >= 11 is 1.45. The highest BCUT2D eigenvalue weighted by atomic mass is 32.1. The number of rotatable bonds is 6. The average molecular weight is 346 g/mol. The highest BCUT2D eigenvalue weighted by molar-refractivity contribution is 7.10. The lowest BCUT2D eigenvalue weighted by Gasteiger charge is -2.26. The zero-order valence-electron chi connectivity index (χ0n) is 13.4. The zero-order chi connectivity index (χ0) is 17.3. The fraction of sp³-hybridized carbons (Fsp3) is 0.294. The largest absolute Gasteiger partial charge is 0.503 e. The molecule has 0 saturated carbocycles. The number of amides is 1. The Balaban J connectivity index is 2.01. The average Bonchev–Trinajstić information content (AvgIpc) is 3.27. The molecule has 1 aliphatic heterocycles. The first kappa shape index (κ1) is 16.5. The molecule has 0 saturated heterocycles. The molecule has 1 atom stereocenters. The Hall–Kier alpha value is -2.38. The number of hydrogen-bond acceptors (Lipinski definition) is 6. The number of furan rings is 1. The monoisotopic (exact) mass is 346 g/mol. The van der Waals surface area contributed by atoms with E-state index in [9.17, 15) is 14.7 Å². The molecule has 6 nitrogen and oxygen atoms in total. The van der Waals surface area contributed by atoms with Gasteiger partial charge in [-0.2, -0.15) is 0 Å². The van der Waals surface area contributed by atoms with Crippen molar-refractivity contribution in [3.63, 3.8) is 0 Å². The Labute approximate surface area is 143 Å². The predicted molar refractivity (Wildman–Crippen MR) is 90.0 cm³/mol. The van der Waals surface area contributed by atoms with Gasteiger partial charge in [0.15, 0.2) is 11.5 Å². The second-order valence-electron chi connectivity index (χ2n) is 5.79. The lowest BCUT2D eigenvalue weighted by atomic mass is 10.0. The fourth-order valence-electron chi connectivity index (χ4n) is 2.71. The van der Waals surface area contributed by atoms with Gasteiger partial charge in [0, 0.05) is 18.0 Å². The van der Waals surface area contributed by atoms with Gasteiger partial charge in [-0.3, -0.25) is 9.59 Å². The third kappa shape index (κ3) is 2.88. The summed E-state index contributed by atoms with van der Waals surface area (Å²) in [5, 5.41) is 12.2. The van der Waals surface area contributed by atoms with Crippen LogP contribution >= 0.6 is 11.3 Å². The Bertz CT molecular complexity index is 763. The first-order valence-corrected chi connectivity index (χ1v) is 8.39. The number of hydrogen-bond donors (Lipinski definition) is 1. The third-order valence-electron chi connectivity index (χ3n) is 3.89. The molecule has 2 aromatic rings. The molecule has 0 bridgehead atoms. The topological polar surface area (TPSA) is 74.0 Å². The molecular formula is C17H18N2O4S. The van der Waals surface area contributed by atoms with Gasteiger partial charge in [0.25, 0.3) is 5.91 Å². The van der Waals surface area contributed by atoms with E-state index in [1.54, 1.807) is 6.07 Å². The molecule has 0 aliphatic carbocycles. The minimum Gasteiger partial charge on any atom is -0.503 e. The highest BCUT2D eigenvalue weighted by Gasteiger charge is 2.44. The molecule has 1 aliphatic rings. The maximum Gasteiger partial charge on any atom is 0.290 e. The lowest BCUT2D eigenvalue weighted by Crippen LogP contribution is -2.36. The smallest absolute Gasteiger partial charge is 0.290 e. The van der Waals surface area contributed by atoms with E-state index in [4.69, 9.17) is 4.42 Å². The van der Waals surface area contributed by atoms with Crippen LogP contribution in [-0.2, 0) is 4.79 Å². The minimum atomic E-state index is -0.588. The van der Waals surface area contributed by atoms with Crippen molar-refractivity contribution in [2.24, 2.45) is 0 Å². The van der Waals surface area contributed by atoms with Crippen LogP contribution in [0.2, 0.25) is 0 Å². The van der Waals surface area contributed by atoms with E-state index in [1.807, 2.05) is 36.5 Å². The van der Waals surface area contributed by atoms with Crippen LogP contribution in [0.15, 0.2) is 51.7 Å². The van der Waals surface area contributed by atoms with Gasteiger partial charge in [0.05, 0.1) is 17.9 Å². The van der Waals surface area contributed by atoms with Crippen LogP contribution in [0.5, 0.6) is 0 Å². The molecule has 0 fully saturated rings. The van der Waals surface area contributed by atoms with Gasteiger partial charge in [-0.25, -0.2) is 0 Å². The Morgan fingerprint density at radius 2 is 2.17 bits per heavy atom. The van der Waals surface area contributed by atoms with Gasteiger partial charge >= 0.3 is 0 Å². The van der Waals surface area contributed by atoms with Gasteiger partial charge in [-0.15, -0.1) is 11.3 Å². The second-order valence-corrected chi connectivity index (χ2v) is 6.77. The summed E-state index contributed by atoms with van der Waals surface area (Å²) < 4.78 is 5.16. The van der Waals surface area contributed by atoms with Crippen molar-refractivity contribution in [1.29, 1.82) is 0 Å². The van der Waals surface area contributed by atoms with Crippen LogP contribution in [-0.4, -0.2) is 53.8 Å². The Morgan fingerprint density at radius 1 is 1.38 bits per heavy atom. The zero-order valence-corrected chi connectivity index (χ0v) is 14.2. The number of thiophene rings is 1. The lowest BCUT2D eigenvalue weighted by molar-refractivity contribution is -0.129. The van der Waals surface area contributed by atoms with Crippen molar-refractivity contribution < 1.29 is 19.1 Å². The molecule has 24 heavy (non-hydrogen) atoms. The standard InChI is InChI=1S/C17H18N2O4S/c1-18(2)7-8-19-14(12-6-4-10-24-12)13(16(21)17(19)22)15(20)11-5-3-9-23-11/h3-6,9-10,14,21H,7-8H2,1-2H3/t14-/m1/s1. The molecule has 7 heteroatoms. The maximum absolute atomic E-state index is 12.8. The SMILES string of the molecule is CN(C)CCN1C(=O)C(O)=C(C(=O)c2ccco2)[C@H]1c1cccs1.